The van der Waals surface area contributed by atoms with E-state index in [1.807, 2.05) is 17.8 Å². The molecule has 94 valence electrons. The summed E-state index contributed by atoms with van der Waals surface area (Å²) in [6, 6.07) is 11.2. The monoisotopic (exact) mass is 251 g/mol. The second kappa shape index (κ2) is 7.04. The summed E-state index contributed by atoms with van der Waals surface area (Å²) < 4.78 is 0. The first-order valence-electron chi connectivity index (χ1n) is 6.37. The predicted octanol–water partition coefficient (Wildman–Crippen LogP) is 2.08. The van der Waals surface area contributed by atoms with Gasteiger partial charge in [-0.3, -0.25) is 0 Å². The Bertz CT molecular complexity index is 311. The van der Waals surface area contributed by atoms with E-state index >= 15 is 0 Å². The van der Waals surface area contributed by atoms with Gasteiger partial charge in [-0.15, -0.1) is 0 Å². The zero-order valence-corrected chi connectivity index (χ0v) is 11.0. The summed E-state index contributed by atoms with van der Waals surface area (Å²) in [7, 11) is 0. The third kappa shape index (κ3) is 4.34. The van der Waals surface area contributed by atoms with Crippen LogP contribution in [-0.4, -0.2) is 35.3 Å². The lowest BCUT2D eigenvalue weighted by Crippen LogP contribution is -2.43. The van der Waals surface area contributed by atoms with Crippen LogP contribution in [0.1, 0.15) is 18.4 Å². The van der Waals surface area contributed by atoms with Gasteiger partial charge in [-0.05, 0) is 36.3 Å². The van der Waals surface area contributed by atoms with Gasteiger partial charge in [0.2, 0.25) is 0 Å². The lowest BCUT2D eigenvalue weighted by molar-refractivity contribution is 0.227. The zero-order chi connectivity index (χ0) is 11.9. The number of aliphatic hydroxyl groups excluding tert-OH is 1. The first-order chi connectivity index (χ1) is 8.38. The first kappa shape index (κ1) is 12.9. The topological polar surface area (TPSA) is 32.3 Å². The van der Waals surface area contributed by atoms with Gasteiger partial charge in [-0.1, -0.05) is 30.3 Å². The minimum absolute atomic E-state index is 0.200. The van der Waals surface area contributed by atoms with E-state index in [0.717, 1.165) is 6.42 Å². The molecule has 1 atom stereocenters. The van der Waals surface area contributed by atoms with E-state index in [4.69, 9.17) is 0 Å². The molecule has 1 aromatic rings. The van der Waals surface area contributed by atoms with Crippen LogP contribution in [0.2, 0.25) is 0 Å². The molecule has 0 aliphatic carbocycles. The van der Waals surface area contributed by atoms with Crippen LogP contribution in [0.5, 0.6) is 0 Å². The van der Waals surface area contributed by atoms with E-state index < -0.39 is 0 Å². The van der Waals surface area contributed by atoms with Crippen LogP contribution in [0, 0.1) is 0 Å². The van der Waals surface area contributed by atoms with Gasteiger partial charge in [-0.2, -0.15) is 11.8 Å². The summed E-state index contributed by atoms with van der Waals surface area (Å²) in [6.07, 6.45) is 3.38. The molecule has 0 radical (unpaired) electrons. The highest BCUT2D eigenvalue weighted by atomic mass is 32.2. The van der Waals surface area contributed by atoms with Crippen LogP contribution >= 0.6 is 11.8 Å². The van der Waals surface area contributed by atoms with Crippen molar-refractivity contribution >= 4 is 11.8 Å². The molecule has 0 saturated carbocycles. The molecule has 3 heteroatoms. The largest absolute Gasteiger partial charge is 0.395 e. The van der Waals surface area contributed by atoms with E-state index in [2.05, 4.69) is 29.6 Å². The molecule has 2 N–H and O–H groups in total. The first-order valence-corrected chi connectivity index (χ1v) is 7.52. The molecule has 0 bridgehead atoms. The van der Waals surface area contributed by atoms with Crippen molar-refractivity contribution in [2.75, 3.05) is 18.1 Å². The second-order valence-electron chi connectivity index (χ2n) is 4.62. The summed E-state index contributed by atoms with van der Waals surface area (Å²) in [4.78, 5) is 0. The summed E-state index contributed by atoms with van der Waals surface area (Å²) in [5.74, 6) is 2.50. The summed E-state index contributed by atoms with van der Waals surface area (Å²) in [6.45, 7) is 0.221. The van der Waals surface area contributed by atoms with Gasteiger partial charge in [0, 0.05) is 12.1 Å². The van der Waals surface area contributed by atoms with Crippen molar-refractivity contribution in [3.63, 3.8) is 0 Å². The van der Waals surface area contributed by atoms with Gasteiger partial charge in [0.1, 0.15) is 0 Å². The highest BCUT2D eigenvalue weighted by Gasteiger charge is 2.17. The van der Waals surface area contributed by atoms with Crippen LogP contribution in [0.3, 0.4) is 0 Å². The quantitative estimate of drug-likeness (QED) is 0.840. The number of aliphatic hydroxyl groups is 1. The van der Waals surface area contributed by atoms with Gasteiger partial charge < -0.3 is 10.4 Å². The smallest absolute Gasteiger partial charge is 0.0587 e. The SMILES string of the molecule is OC[C@H](Cc1ccccc1)NC1CCSCC1. The maximum absolute atomic E-state index is 9.45. The minimum atomic E-state index is 0.200. The molecule has 1 saturated heterocycles. The van der Waals surface area contributed by atoms with Crippen LogP contribution in [-0.2, 0) is 6.42 Å². The fourth-order valence-corrected chi connectivity index (χ4v) is 3.38. The van der Waals surface area contributed by atoms with E-state index in [1.165, 1.54) is 29.9 Å². The third-order valence-electron chi connectivity index (χ3n) is 3.24. The van der Waals surface area contributed by atoms with Crippen LogP contribution < -0.4 is 5.32 Å². The van der Waals surface area contributed by atoms with Crippen molar-refractivity contribution in [3.8, 4) is 0 Å². The van der Waals surface area contributed by atoms with E-state index in [-0.39, 0.29) is 12.6 Å². The Morgan fingerprint density at radius 3 is 2.59 bits per heavy atom. The number of rotatable bonds is 5. The molecule has 1 aliphatic heterocycles. The molecule has 17 heavy (non-hydrogen) atoms. The molecule has 0 spiro atoms. The Labute approximate surface area is 108 Å². The van der Waals surface area contributed by atoms with E-state index in [1.54, 1.807) is 0 Å². The average Bonchev–Trinajstić information content (AvgIpc) is 2.40. The van der Waals surface area contributed by atoms with E-state index in [9.17, 15) is 5.11 Å². The van der Waals surface area contributed by atoms with Gasteiger partial charge in [0.25, 0.3) is 0 Å². The molecular weight excluding hydrogens is 230 g/mol. The normalized spacial score (nSPS) is 19.1. The molecule has 0 unspecified atom stereocenters. The molecule has 1 aromatic carbocycles. The van der Waals surface area contributed by atoms with Crippen molar-refractivity contribution in [1.29, 1.82) is 0 Å². The maximum Gasteiger partial charge on any atom is 0.0587 e. The lowest BCUT2D eigenvalue weighted by Gasteiger charge is -2.27. The van der Waals surface area contributed by atoms with Crippen molar-refractivity contribution in [2.24, 2.45) is 0 Å². The summed E-state index contributed by atoms with van der Waals surface area (Å²) in [5.41, 5.74) is 1.30. The molecule has 2 nitrogen and oxygen atoms in total. The lowest BCUT2D eigenvalue weighted by atomic mass is 10.0. The average molecular weight is 251 g/mol. The Hall–Kier alpha value is -0.510. The Morgan fingerprint density at radius 2 is 1.94 bits per heavy atom. The fourth-order valence-electron chi connectivity index (χ4n) is 2.27. The number of hydrogen-bond acceptors (Lipinski definition) is 3. The number of thioether (sulfide) groups is 1. The number of nitrogens with one attached hydrogen (secondary N) is 1. The van der Waals surface area contributed by atoms with Crippen molar-refractivity contribution in [3.05, 3.63) is 35.9 Å². The highest BCUT2D eigenvalue weighted by Crippen LogP contribution is 2.17. The van der Waals surface area contributed by atoms with Gasteiger partial charge in [0.15, 0.2) is 0 Å². The van der Waals surface area contributed by atoms with Crippen molar-refractivity contribution < 1.29 is 5.11 Å². The molecule has 1 fully saturated rings. The second-order valence-corrected chi connectivity index (χ2v) is 5.85. The van der Waals surface area contributed by atoms with Gasteiger partial charge in [-0.25, -0.2) is 0 Å². The van der Waals surface area contributed by atoms with E-state index in [0.29, 0.717) is 6.04 Å². The Kier molecular flexibility index (Phi) is 5.36. The molecule has 0 aromatic heterocycles. The highest BCUT2D eigenvalue weighted by molar-refractivity contribution is 7.99. The van der Waals surface area contributed by atoms with Gasteiger partial charge in [0.05, 0.1) is 6.61 Å². The standard InChI is InChI=1S/C14H21NOS/c16-11-14(10-12-4-2-1-3-5-12)15-13-6-8-17-9-7-13/h1-5,13-16H,6-11H2/t14-/m0/s1. The Morgan fingerprint density at radius 1 is 1.24 bits per heavy atom. The van der Waals surface area contributed by atoms with Crippen LogP contribution in [0.25, 0.3) is 0 Å². The van der Waals surface area contributed by atoms with Crippen LogP contribution in [0.4, 0.5) is 0 Å². The fraction of sp³-hybridized carbons (Fsp3) is 0.571. The number of benzene rings is 1. The Balaban J connectivity index is 1.83. The molecular formula is C14H21NOS. The number of hydrogen-bond donors (Lipinski definition) is 2. The molecule has 0 amide bonds. The maximum atomic E-state index is 9.45. The zero-order valence-electron chi connectivity index (χ0n) is 10.1. The molecule has 1 aliphatic rings. The third-order valence-corrected chi connectivity index (χ3v) is 4.29. The predicted molar refractivity (Wildman–Crippen MR) is 74.5 cm³/mol. The van der Waals surface area contributed by atoms with Gasteiger partial charge >= 0.3 is 0 Å². The molecule has 1 heterocycles. The minimum Gasteiger partial charge on any atom is -0.395 e. The van der Waals surface area contributed by atoms with Crippen LogP contribution in [0.15, 0.2) is 30.3 Å². The summed E-state index contributed by atoms with van der Waals surface area (Å²) in [5, 5.41) is 13.0. The van der Waals surface area contributed by atoms with Crippen molar-refractivity contribution in [1.82, 2.24) is 5.32 Å². The van der Waals surface area contributed by atoms with Crippen molar-refractivity contribution in [2.45, 2.75) is 31.3 Å². The molecule has 2 rings (SSSR count). The summed E-state index contributed by atoms with van der Waals surface area (Å²) >= 11 is 2.03.